The molecule has 1 heterocycles. The first-order valence-electron chi connectivity index (χ1n) is 10.0. The molecule has 0 amide bonds. The number of carbonyl (C=O) groups is 1. The fourth-order valence-corrected chi connectivity index (χ4v) is 3.10. The summed E-state index contributed by atoms with van der Waals surface area (Å²) in [4.78, 5) is 19.5. The Kier molecular flexibility index (Phi) is 7.98. The van der Waals surface area contributed by atoms with E-state index < -0.39 is 0 Å². The summed E-state index contributed by atoms with van der Waals surface area (Å²) in [6.45, 7) is 8.08. The van der Waals surface area contributed by atoms with Crippen LogP contribution in [0.15, 0.2) is 61.5 Å². The minimum absolute atomic E-state index is 0.307. The monoisotopic (exact) mass is 404 g/mol. The van der Waals surface area contributed by atoms with Gasteiger partial charge in [0.2, 0.25) is 0 Å². The van der Waals surface area contributed by atoms with Crippen molar-refractivity contribution in [1.29, 1.82) is 0 Å². The summed E-state index contributed by atoms with van der Waals surface area (Å²) in [5.41, 5.74) is 12.2. The first-order chi connectivity index (χ1) is 14.3. The molecule has 0 spiro atoms. The molecule has 2 aromatic rings. The summed E-state index contributed by atoms with van der Waals surface area (Å²) < 4.78 is 0. The quantitative estimate of drug-likeness (QED) is 0.287. The van der Waals surface area contributed by atoms with Crippen LogP contribution in [0.5, 0.6) is 0 Å². The zero-order valence-electron chi connectivity index (χ0n) is 18.6. The lowest BCUT2D eigenvalue weighted by atomic mass is 9.98. The number of nitrogen functional groups attached to an aromatic ring is 1. The molecular formula is C25H32N4O. The third-order valence-corrected chi connectivity index (χ3v) is 5.00. The molecule has 0 radical (unpaired) electrons. The van der Waals surface area contributed by atoms with E-state index in [9.17, 15) is 4.79 Å². The highest BCUT2D eigenvalue weighted by Crippen LogP contribution is 2.31. The minimum Gasteiger partial charge on any atom is -0.383 e. The van der Waals surface area contributed by atoms with Crippen LogP contribution in [0.3, 0.4) is 0 Å². The fourth-order valence-electron chi connectivity index (χ4n) is 3.10. The van der Waals surface area contributed by atoms with E-state index in [0.717, 1.165) is 40.7 Å². The van der Waals surface area contributed by atoms with Crippen molar-refractivity contribution in [3.8, 4) is 11.1 Å². The summed E-state index contributed by atoms with van der Waals surface area (Å²) in [5, 5.41) is 0. The van der Waals surface area contributed by atoms with Gasteiger partial charge in [-0.2, -0.15) is 0 Å². The summed E-state index contributed by atoms with van der Waals surface area (Å²) >= 11 is 0. The molecule has 0 unspecified atom stereocenters. The zero-order valence-corrected chi connectivity index (χ0v) is 18.6. The SMILES string of the molecule is C=CCc1cc(-c2cnc(N)c(C(/C=C\C=O)=C/N(C)C(C)C)c2)ccc1N(C)C. The number of aromatic nitrogens is 1. The molecule has 5 heteroatoms. The van der Waals surface area contributed by atoms with Crippen LogP contribution in [0, 0.1) is 0 Å². The Hall–Kier alpha value is -3.34. The molecule has 158 valence electrons. The number of benzene rings is 1. The lowest BCUT2D eigenvalue weighted by Crippen LogP contribution is -2.20. The second-order valence-corrected chi connectivity index (χ2v) is 7.73. The molecule has 0 aliphatic carbocycles. The van der Waals surface area contributed by atoms with E-state index in [1.165, 1.54) is 11.6 Å². The van der Waals surface area contributed by atoms with E-state index in [-0.39, 0.29) is 0 Å². The molecule has 0 aliphatic rings. The van der Waals surface area contributed by atoms with Crippen molar-refractivity contribution in [2.45, 2.75) is 26.3 Å². The van der Waals surface area contributed by atoms with Crippen molar-refractivity contribution >= 4 is 23.4 Å². The van der Waals surface area contributed by atoms with Gasteiger partial charge in [0.25, 0.3) is 0 Å². The fraction of sp³-hybridized carbons (Fsp3) is 0.280. The maximum Gasteiger partial charge on any atom is 0.142 e. The minimum atomic E-state index is 0.307. The lowest BCUT2D eigenvalue weighted by Gasteiger charge is -2.21. The second-order valence-electron chi connectivity index (χ2n) is 7.73. The van der Waals surface area contributed by atoms with Crippen LogP contribution in [0.2, 0.25) is 0 Å². The van der Waals surface area contributed by atoms with Crippen molar-refractivity contribution in [2.24, 2.45) is 0 Å². The predicted molar refractivity (Wildman–Crippen MR) is 128 cm³/mol. The Balaban J connectivity index is 2.59. The van der Waals surface area contributed by atoms with Gasteiger partial charge in [0.15, 0.2) is 0 Å². The van der Waals surface area contributed by atoms with E-state index in [1.807, 2.05) is 39.5 Å². The molecule has 0 bridgehead atoms. The number of rotatable bonds is 9. The van der Waals surface area contributed by atoms with Crippen LogP contribution < -0.4 is 10.6 Å². The molecule has 0 fully saturated rings. The molecule has 0 aliphatic heterocycles. The van der Waals surface area contributed by atoms with Crippen LogP contribution in [0.1, 0.15) is 25.0 Å². The van der Waals surface area contributed by atoms with Crippen LogP contribution >= 0.6 is 0 Å². The number of hydrogen-bond donors (Lipinski definition) is 1. The van der Waals surface area contributed by atoms with Gasteiger partial charge in [-0.3, -0.25) is 4.79 Å². The van der Waals surface area contributed by atoms with Gasteiger partial charge in [0.05, 0.1) is 0 Å². The average molecular weight is 405 g/mol. The summed E-state index contributed by atoms with van der Waals surface area (Å²) in [6, 6.07) is 8.70. The van der Waals surface area contributed by atoms with Gasteiger partial charge >= 0.3 is 0 Å². The first kappa shape index (κ1) is 22.9. The number of nitrogens with zero attached hydrogens (tertiary/aromatic N) is 3. The molecule has 1 aromatic heterocycles. The zero-order chi connectivity index (χ0) is 22.3. The average Bonchev–Trinajstić information content (AvgIpc) is 2.71. The Labute approximate surface area is 180 Å². The van der Waals surface area contributed by atoms with Gasteiger partial charge in [-0.1, -0.05) is 12.1 Å². The topological polar surface area (TPSA) is 62.5 Å². The molecular weight excluding hydrogens is 372 g/mol. The van der Waals surface area contributed by atoms with Gasteiger partial charge in [-0.25, -0.2) is 4.98 Å². The maximum absolute atomic E-state index is 10.9. The Morgan fingerprint density at radius 3 is 2.53 bits per heavy atom. The number of carbonyl (C=O) groups excluding carboxylic acids is 1. The van der Waals surface area contributed by atoms with Gasteiger partial charge < -0.3 is 15.5 Å². The lowest BCUT2D eigenvalue weighted by molar-refractivity contribution is -0.104. The van der Waals surface area contributed by atoms with E-state index in [1.54, 1.807) is 12.3 Å². The van der Waals surface area contributed by atoms with Crippen LogP contribution in [-0.4, -0.2) is 43.4 Å². The molecule has 0 saturated heterocycles. The smallest absolute Gasteiger partial charge is 0.142 e. The molecule has 1 aromatic carbocycles. The number of pyridine rings is 1. The first-order valence-corrected chi connectivity index (χ1v) is 10.0. The molecule has 0 atom stereocenters. The molecule has 5 nitrogen and oxygen atoms in total. The maximum atomic E-state index is 10.9. The standard InChI is InChI=1S/C25H32N4O/c1-7-9-20-14-19(11-12-24(20)28(4)5)22-15-23(25(26)27-16-22)21(10-8-13-30)17-29(6)18(2)3/h7-8,10-18H,1,9H2,2-6H3,(H2,26,27)/b10-8-,21-17+. The van der Waals surface area contributed by atoms with Crippen LogP contribution in [0.4, 0.5) is 11.5 Å². The van der Waals surface area contributed by atoms with E-state index in [2.05, 4.69) is 53.4 Å². The number of hydrogen-bond acceptors (Lipinski definition) is 5. The highest BCUT2D eigenvalue weighted by Gasteiger charge is 2.12. The van der Waals surface area contributed by atoms with E-state index in [4.69, 9.17) is 5.73 Å². The second kappa shape index (κ2) is 10.4. The molecule has 0 saturated carbocycles. The number of allylic oxidation sites excluding steroid dienone is 4. The summed E-state index contributed by atoms with van der Waals surface area (Å²) in [5.74, 6) is 0.425. The summed E-state index contributed by atoms with van der Waals surface area (Å²) in [7, 11) is 6.06. The number of aldehydes is 1. The highest BCUT2D eigenvalue weighted by atomic mass is 16.1. The third-order valence-electron chi connectivity index (χ3n) is 5.00. The van der Waals surface area contributed by atoms with Crippen molar-refractivity contribution in [1.82, 2.24) is 9.88 Å². The van der Waals surface area contributed by atoms with Crippen molar-refractivity contribution < 1.29 is 4.79 Å². The van der Waals surface area contributed by atoms with Gasteiger partial charge in [0.1, 0.15) is 12.1 Å². The van der Waals surface area contributed by atoms with Crippen molar-refractivity contribution in [3.05, 3.63) is 72.6 Å². The van der Waals surface area contributed by atoms with Gasteiger partial charge in [-0.05, 0) is 61.7 Å². The number of anilines is 2. The van der Waals surface area contributed by atoms with Gasteiger partial charge in [-0.15, -0.1) is 6.58 Å². The molecule has 2 N–H and O–H groups in total. The summed E-state index contributed by atoms with van der Waals surface area (Å²) in [6.07, 6.45) is 10.5. The van der Waals surface area contributed by atoms with Crippen molar-refractivity contribution in [3.63, 3.8) is 0 Å². The highest BCUT2D eigenvalue weighted by molar-refractivity contribution is 5.85. The molecule has 30 heavy (non-hydrogen) atoms. The Morgan fingerprint density at radius 2 is 1.93 bits per heavy atom. The predicted octanol–water partition coefficient (Wildman–Crippen LogP) is 4.56. The van der Waals surface area contributed by atoms with E-state index in [0.29, 0.717) is 11.9 Å². The normalized spacial score (nSPS) is 11.7. The third kappa shape index (κ3) is 5.60. The number of nitrogens with two attached hydrogens (primary N) is 1. The van der Waals surface area contributed by atoms with Crippen LogP contribution in [0.25, 0.3) is 16.7 Å². The molecule has 2 rings (SSSR count). The Bertz CT molecular complexity index is 958. The van der Waals surface area contributed by atoms with E-state index >= 15 is 0 Å². The van der Waals surface area contributed by atoms with Crippen molar-refractivity contribution in [2.75, 3.05) is 31.8 Å². The largest absolute Gasteiger partial charge is 0.383 e. The van der Waals surface area contributed by atoms with Gasteiger partial charge in [0, 0.05) is 62.0 Å². The Morgan fingerprint density at radius 1 is 1.20 bits per heavy atom. The van der Waals surface area contributed by atoms with Crippen LogP contribution in [-0.2, 0) is 11.2 Å².